The third-order valence-electron chi connectivity index (χ3n) is 3.30. The highest BCUT2D eigenvalue weighted by Gasteiger charge is 2.26. The van der Waals surface area contributed by atoms with Crippen molar-refractivity contribution in [1.29, 1.82) is 0 Å². The topological polar surface area (TPSA) is 63.2 Å². The number of nitrogens with one attached hydrogen (secondary N) is 1. The number of hydrogen-bond donors (Lipinski definition) is 1. The van der Waals surface area contributed by atoms with Crippen molar-refractivity contribution in [3.63, 3.8) is 0 Å². The number of carbonyl (C=O) groups is 1. The van der Waals surface area contributed by atoms with E-state index in [4.69, 9.17) is 0 Å². The first kappa shape index (κ1) is 17.4. The number of anilines is 1. The van der Waals surface area contributed by atoms with Crippen molar-refractivity contribution < 1.29 is 13.2 Å². The molecule has 1 atom stereocenters. The van der Waals surface area contributed by atoms with Crippen LogP contribution >= 0.6 is 0 Å². The monoisotopic (exact) mass is 309 g/mol. The van der Waals surface area contributed by atoms with Gasteiger partial charge in [-0.15, -0.1) is 6.58 Å². The van der Waals surface area contributed by atoms with E-state index < -0.39 is 21.0 Å². The summed E-state index contributed by atoms with van der Waals surface area (Å²) in [6.07, 6.45) is 4.57. The smallest absolute Gasteiger partial charge is 0.242 e. The van der Waals surface area contributed by atoms with E-state index in [-0.39, 0.29) is 5.75 Å². The van der Waals surface area contributed by atoms with Gasteiger partial charge in [-0.2, -0.15) is 0 Å². The highest BCUT2D eigenvalue weighted by molar-refractivity contribution is 7.92. The van der Waals surface area contributed by atoms with Crippen LogP contribution in [0, 0.1) is 0 Å². The number of sulfone groups is 1. The molecule has 1 N–H and O–H groups in total. The Morgan fingerprint density at radius 2 is 1.95 bits per heavy atom. The Morgan fingerprint density at radius 3 is 2.48 bits per heavy atom. The van der Waals surface area contributed by atoms with Gasteiger partial charge in [0.15, 0.2) is 9.84 Å². The fraction of sp³-hybridized carbons (Fsp3) is 0.438. The first-order valence-corrected chi connectivity index (χ1v) is 8.84. The Balaban J connectivity index is 2.68. The first-order chi connectivity index (χ1) is 9.90. The van der Waals surface area contributed by atoms with Gasteiger partial charge in [0.25, 0.3) is 0 Å². The van der Waals surface area contributed by atoms with Gasteiger partial charge in [0.05, 0.1) is 5.75 Å². The SMILES string of the molecule is C=CCS(=O)(=O)C(C)C(=O)Nc1ccc(CCCC)cc1. The molecule has 0 saturated heterocycles. The molecule has 21 heavy (non-hydrogen) atoms. The molecular formula is C16H23NO3S. The average molecular weight is 309 g/mol. The molecule has 4 nitrogen and oxygen atoms in total. The zero-order valence-electron chi connectivity index (χ0n) is 12.6. The van der Waals surface area contributed by atoms with E-state index in [1.54, 1.807) is 12.1 Å². The van der Waals surface area contributed by atoms with Crippen molar-refractivity contribution in [2.75, 3.05) is 11.1 Å². The highest BCUT2D eigenvalue weighted by Crippen LogP contribution is 2.13. The molecule has 0 aliphatic heterocycles. The normalized spacial score (nSPS) is 12.7. The van der Waals surface area contributed by atoms with Crippen molar-refractivity contribution in [1.82, 2.24) is 0 Å². The van der Waals surface area contributed by atoms with Crippen LogP contribution in [0.5, 0.6) is 0 Å². The molecule has 1 rings (SSSR count). The number of hydrogen-bond acceptors (Lipinski definition) is 3. The summed E-state index contributed by atoms with van der Waals surface area (Å²) in [7, 11) is -3.48. The first-order valence-electron chi connectivity index (χ1n) is 7.13. The Kier molecular flexibility index (Phi) is 6.62. The fourth-order valence-corrected chi connectivity index (χ4v) is 2.85. The lowest BCUT2D eigenvalue weighted by atomic mass is 10.1. The molecule has 0 spiro atoms. The summed E-state index contributed by atoms with van der Waals surface area (Å²) in [5, 5.41) is 1.55. The van der Waals surface area contributed by atoms with E-state index in [0.717, 1.165) is 19.3 Å². The molecule has 1 aromatic carbocycles. The Morgan fingerprint density at radius 1 is 1.33 bits per heavy atom. The zero-order chi connectivity index (χ0) is 15.9. The largest absolute Gasteiger partial charge is 0.325 e. The lowest BCUT2D eigenvalue weighted by molar-refractivity contribution is -0.115. The molecular weight excluding hydrogens is 286 g/mol. The van der Waals surface area contributed by atoms with E-state index in [1.807, 2.05) is 12.1 Å². The number of rotatable bonds is 8. The van der Waals surface area contributed by atoms with Crippen molar-refractivity contribution in [3.8, 4) is 0 Å². The van der Waals surface area contributed by atoms with E-state index in [1.165, 1.54) is 18.6 Å². The maximum absolute atomic E-state index is 12.0. The number of carbonyl (C=O) groups excluding carboxylic acids is 1. The molecule has 0 aliphatic rings. The minimum atomic E-state index is -3.48. The van der Waals surface area contributed by atoms with Gasteiger partial charge in [0.2, 0.25) is 5.91 Å². The summed E-state index contributed by atoms with van der Waals surface area (Å²) in [5.41, 5.74) is 1.82. The maximum Gasteiger partial charge on any atom is 0.242 e. The summed E-state index contributed by atoms with van der Waals surface area (Å²) >= 11 is 0. The van der Waals surface area contributed by atoms with Gasteiger partial charge in [-0.05, 0) is 37.5 Å². The molecule has 0 heterocycles. The Labute approximate surface area is 127 Å². The molecule has 1 aromatic rings. The molecule has 0 radical (unpaired) electrons. The second-order valence-corrected chi connectivity index (χ2v) is 7.42. The number of unbranched alkanes of at least 4 members (excludes halogenated alkanes) is 1. The van der Waals surface area contributed by atoms with Gasteiger partial charge in [-0.1, -0.05) is 31.6 Å². The molecule has 0 fully saturated rings. The van der Waals surface area contributed by atoms with Gasteiger partial charge in [-0.25, -0.2) is 8.42 Å². The van der Waals surface area contributed by atoms with Crippen molar-refractivity contribution in [3.05, 3.63) is 42.5 Å². The van der Waals surface area contributed by atoms with Crippen LogP contribution in [0.1, 0.15) is 32.3 Å². The summed E-state index contributed by atoms with van der Waals surface area (Å²) in [4.78, 5) is 12.0. The predicted octanol–water partition coefficient (Wildman–Crippen LogP) is 2.96. The standard InChI is InChI=1S/C16H23NO3S/c1-4-6-7-14-8-10-15(11-9-14)17-16(18)13(3)21(19,20)12-5-2/h5,8-11,13H,2,4,6-7,12H2,1,3H3,(H,17,18). The van der Waals surface area contributed by atoms with Crippen molar-refractivity contribution in [2.24, 2.45) is 0 Å². The lowest BCUT2D eigenvalue weighted by Gasteiger charge is -2.12. The molecule has 1 amide bonds. The Bertz CT molecular complexity index is 576. The fourth-order valence-electron chi connectivity index (χ4n) is 1.85. The molecule has 0 aliphatic carbocycles. The van der Waals surface area contributed by atoms with Crippen molar-refractivity contribution >= 4 is 21.4 Å². The van der Waals surface area contributed by atoms with Crippen LogP contribution in [0.4, 0.5) is 5.69 Å². The third-order valence-corrected chi connectivity index (χ3v) is 5.29. The van der Waals surface area contributed by atoms with Crippen LogP contribution < -0.4 is 5.32 Å². The number of aryl methyl sites for hydroxylation is 1. The predicted molar refractivity (Wildman–Crippen MR) is 87.1 cm³/mol. The van der Waals surface area contributed by atoms with Gasteiger partial charge in [-0.3, -0.25) is 4.79 Å². The maximum atomic E-state index is 12.0. The molecule has 1 unspecified atom stereocenters. The van der Waals surface area contributed by atoms with Crippen LogP contribution in [-0.2, 0) is 21.1 Å². The third kappa shape index (κ3) is 5.34. The second kappa shape index (κ2) is 7.98. The highest BCUT2D eigenvalue weighted by atomic mass is 32.2. The van der Waals surface area contributed by atoms with Gasteiger partial charge >= 0.3 is 0 Å². The molecule has 0 aromatic heterocycles. The minimum absolute atomic E-state index is 0.197. The average Bonchev–Trinajstić information content (AvgIpc) is 2.45. The molecule has 0 saturated carbocycles. The van der Waals surface area contributed by atoms with Crippen LogP contribution in [0.25, 0.3) is 0 Å². The summed E-state index contributed by atoms with van der Waals surface area (Å²) in [5.74, 6) is -0.712. The van der Waals surface area contributed by atoms with E-state index in [0.29, 0.717) is 5.69 Å². The number of amides is 1. The minimum Gasteiger partial charge on any atom is -0.325 e. The van der Waals surface area contributed by atoms with Gasteiger partial charge < -0.3 is 5.32 Å². The summed E-state index contributed by atoms with van der Waals surface area (Å²) < 4.78 is 23.6. The Hall–Kier alpha value is -1.62. The van der Waals surface area contributed by atoms with Gasteiger partial charge in [0, 0.05) is 5.69 Å². The van der Waals surface area contributed by atoms with Gasteiger partial charge in [0.1, 0.15) is 5.25 Å². The molecule has 5 heteroatoms. The van der Waals surface area contributed by atoms with Crippen LogP contribution in [0.2, 0.25) is 0 Å². The summed E-state index contributed by atoms with van der Waals surface area (Å²) in [6, 6.07) is 7.51. The van der Waals surface area contributed by atoms with E-state index in [9.17, 15) is 13.2 Å². The number of benzene rings is 1. The van der Waals surface area contributed by atoms with E-state index >= 15 is 0 Å². The second-order valence-electron chi connectivity index (χ2n) is 5.05. The molecule has 116 valence electrons. The quantitative estimate of drug-likeness (QED) is 0.751. The summed E-state index contributed by atoms with van der Waals surface area (Å²) in [6.45, 7) is 6.93. The van der Waals surface area contributed by atoms with Crippen molar-refractivity contribution in [2.45, 2.75) is 38.4 Å². The van der Waals surface area contributed by atoms with Crippen LogP contribution in [0.15, 0.2) is 36.9 Å². The zero-order valence-corrected chi connectivity index (χ0v) is 13.4. The van der Waals surface area contributed by atoms with E-state index in [2.05, 4.69) is 18.8 Å². The van der Waals surface area contributed by atoms with Crippen LogP contribution in [0.3, 0.4) is 0 Å². The molecule has 0 bridgehead atoms. The lowest BCUT2D eigenvalue weighted by Crippen LogP contribution is -2.33. The van der Waals surface area contributed by atoms with Crippen LogP contribution in [-0.4, -0.2) is 25.3 Å².